The summed E-state index contributed by atoms with van der Waals surface area (Å²) in [6.07, 6.45) is 1.38. The molecule has 0 aromatic carbocycles. The monoisotopic (exact) mass is 196 g/mol. The normalized spacial score (nSPS) is 9.79. The third kappa shape index (κ3) is 3.02. The summed E-state index contributed by atoms with van der Waals surface area (Å²) in [4.78, 5) is 15.0. The number of nitrogen functional groups attached to an aromatic ring is 1. The molecule has 0 aliphatic rings. The van der Waals surface area contributed by atoms with Gasteiger partial charge in [-0.15, -0.1) is 0 Å². The minimum Gasteiger partial charge on any atom is -0.460 e. The maximum absolute atomic E-state index is 11.3. The van der Waals surface area contributed by atoms with Gasteiger partial charge in [0.1, 0.15) is 12.4 Å². The molecule has 76 valence electrons. The van der Waals surface area contributed by atoms with Crippen LogP contribution < -0.4 is 5.73 Å². The van der Waals surface area contributed by atoms with Crippen molar-refractivity contribution >= 4 is 11.8 Å². The average molecular weight is 196 g/mol. The van der Waals surface area contributed by atoms with Gasteiger partial charge in [-0.1, -0.05) is 0 Å². The molecule has 0 aliphatic carbocycles. The molecule has 0 spiro atoms. The van der Waals surface area contributed by atoms with Crippen molar-refractivity contribution in [3.8, 4) is 0 Å². The van der Waals surface area contributed by atoms with Crippen molar-refractivity contribution in [2.24, 2.45) is 0 Å². The number of carbonyl (C=O) groups is 1. The molecular formula is C9H12N2O3. The highest BCUT2D eigenvalue weighted by Crippen LogP contribution is 2.02. The van der Waals surface area contributed by atoms with Gasteiger partial charge in [0.2, 0.25) is 0 Å². The van der Waals surface area contributed by atoms with Gasteiger partial charge in [0.25, 0.3) is 0 Å². The summed E-state index contributed by atoms with van der Waals surface area (Å²) in [6.45, 7) is 0.619. The molecule has 0 amide bonds. The van der Waals surface area contributed by atoms with E-state index in [1.807, 2.05) is 0 Å². The maximum Gasteiger partial charge on any atom is 0.339 e. The van der Waals surface area contributed by atoms with Crippen LogP contribution in [0.25, 0.3) is 0 Å². The van der Waals surface area contributed by atoms with Crippen molar-refractivity contribution in [2.45, 2.75) is 0 Å². The maximum atomic E-state index is 11.3. The lowest BCUT2D eigenvalue weighted by atomic mass is 10.3. The van der Waals surface area contributed by atoms with Gasteiger partial charge in [-0.2, -0.15) is 0 Å². The average Bonchev–Trinajstić information content (AvgIpc) is 2.19. The quantitative estimate of drug-likeness (QED) is 0.559. The van der Waals surface area contributed by atoms with Gasteiger partial charge in [0, 0.05) is 13.3 Å². The number of nitrogens with two attached hydrogens (primary N) is 1. The van der Waals surface area contributed by atoms with Gasteiger partial charge < -0.3 is 15.2 Å². The Morgan fingerprint density at radius 3 is 2.86 bits per heavy atom. The lowest BCUT2D eigenvalue weighted by Crippen LogP contribution is -2.10. The Morgan fingerprint density at radius 2 is 2.29 bits per heavy atom. The van der Waals surface area contributed by atoms with E-state index in [2.05, 4.69) is 4.98 Å². The molecule has 0 aliphatic heterocycles. The summed E-state index contributed by atoms with van der Waals surface area (Å²) in [5, 5.41) is 0. The second kappa shape index (κ2) is 5.18. The molecule has 0 radical (unpaired) electrons. The number of pyridine rings is 1. The smallest absolute Gasteiger partial charge is 0.339 e. The zero-order chi connectivity index (χ0) is 10.4. The molecule has 1 aromatic rings. The Labute approximate surface area is 81.8 Å². The van der Waals surface area contributed by atoms with Crippen molar-refractivity contribution in [2.75, 3.05) is 26.1 Å². The minimum atomic E-state index is -0.422. The molecule has 5 heteroatoms. The van der Waals surface area contributed by atoms with Gasteiger partial charge >= 0.3 is 5.97 Å². The predicted molar refractivity (Wildman–Crippen MR) is 50.8 cm³/mol. The highest BCUT2D eigenvalue weighted by molar-refractivity contribution is 5.89. The number of esters is 1. The molecule has 5 nitrogen and oxygen atoms in total. The third-order valence-electron chi connectivity index (χ3n) is 1.54. The van der Waals surface area contributed by atoms with Gasteiger partial charge in [0.15, 0.2) is 0 Å². The van der Waals surface area contributed by atoms with Crippen molar-refractivity contribution in [1.82, 2.24) is 4.98 Å². The van der Waals surface area contributed by atoms with E-state index in [9.17, 15) is 4.79 Å². The third-order valence-corrected chi connectivity index (χ3v) is 1.54. The molecule has 1 aromatic heterocycles. The van der Waals surface area contributed by atoms with Crippen LogP contribution in [0.15, 0.2) is 18.3 Å². The van der Waals surface area contributed by atoms with Crippen molar-refractivity contribution in [3.05, 3.63) is 23.9 Å². The van der Waals surface area contributed by atoms with Gasteiger partial charge in [-0.05, 0) is 12.1 Å². The first kappa shape index (κ1) is 10.5. The Morgan fingerprint density at radius 1 is 1.50 bits per heavy atom. The topological polar surface area (TPSA) is 74.4 Å². The fourth-order valence-electron chi connectivity index (χ4n) is 0.827. The van der Waals surface area contributed by atoms with Crippen molar-refractivity contribution in [1.29, 1.82) is 0 Å². The zero-order valence-electron chi connectivity index (χ0n) is 7.90. The fourth-order valence-corrected chi connectivity index (χ4v) is 0.827. The summed E-state index contributed by atoms with van der Waals surface area (Å²) >= 11 is 0. The summed E-state index contributed by atoms with van der Waals surface area (Å²) in [5.74, 6) is -0.0482. The van der Waals surface area contributed by atoms with Crippen LogP contribution in [0.1, 0.15) is 10.4 Å². The first-order valence-corrected chi connectivity index (χ1v) is 4.11. The standard InChI is InChI=1S/C9H12N2O3/c1-13-4-5-14-9(12)7-2-3-8(10)11-6-7/h2-3,6H,4-5H2,1H3,(H2,10,11). The fraction of sp³-hybridized carbons (Fsp3) is 0.333. The van der Waals surface area contributed by atoms with Crippen LogP contribution in [0.5, 0.6) is 0 Å². The summed E-state index contributed by atoms with van der Waals surface area (Å²) in [7, 11) is 1.54. The molecule has 0 fully saturated rings. The Balaban J connectivity index is 2.48. The number of anilines is 1. The van der Waals surface area contributed by atoms with E-state index >= 15 is 0 Å². The van der Waals surface area contributed by atoms with E-state index in [-0.39, 0.29) is 6.61 Å². The van der Waals surface area contributed by atoms with Crippen molar-refractivity contribution < 1.29 is 14.3 Å². The molecule has 0 saturated carbocycles. The number of rotatable bonds is 4. The largest absolute Gasteiger partial charge is 0.460 e. The molecule has 0 atom stereocenters. The van der Waals surface area contributed by atoms with E-state index in [4.69, 9.17) is 15.2 Å². The summed E-state index contributed by atoms with van der Waals surface area (Å²) in [5.41, 5.74) is 5.75. The minimum absolute atomic E-state index is 0.236. The van der Waals surface area contributed by atoms with E-state index in [1.165, 1.54) is 6.20 Å². The number of ether oxygens (including phenoxy) is 2. The Bertz CT molecular complexity index is 297. The van der Waals surface area contributed by atoms with E-state index in [0.29, 0.717) is 18.0 Å². The van der Waals surface area contributed by atoms with Gasteiger partial charge in [0.05, 0.1) is 12.2 Å². The molecule has 14 heavy (non-hydrogen) atoms. The molecular weight excluding hydrogens is 184 g/mol. The highest BCUT2D eigenvalue weighted by atomic mass is 16.6. The summed E-state index contributed by atoms with van der Waals surface area (Å²) < 4.78 is 9.60. The predicted octanol–water partition coefficient (Wildman–Crippen LogP) is 0.467. The molecule has 1 heterocycles. The van der Waals surface area contributed by atoms with Crippen LogP contribution in [0.3, 0.4) is 0 Å². The van der Waals surface area contributed by atoms with E-state index in [1.54, 1.807) is 19.2 Å². The van der Waals surface area contributed by atoms with E-state index in [0.717, 1.165) is 0 Å². The number of hydrogen-bond donors (Lipinski definition) is 1. The van der Waals surface area contributed by atoms with Crippen LogP contribution in [0, 0.1) is 0 Å². The van der Waals surface area contributed by atoms with Crippen LogP contribution >= 0.6 is 0 Å². The molecule has 1 rings (SSSR count). The SMILES string of the molecule is COCCOC(=O)c1ccc(N)nc1. The van der Waals surface area contributed by atoms with Gasteiger partial charge in [-0.3, -0.25) is 0 Å². The number of methoxy groups -OCH3 is 1. The van der Waals surface area contributed by atoms with Crippen LogP contribution in [0.2, 0.25) is 0 Å². The lowest BCUT2D eigenvalue weighted by Gasteiger charge is -2.03. The van der Waals surface area contributed by atoms with Crippen LogP contribution in [-0.2, 0) is 9.47 Å². The number of carbonyl (C=O) groups excluding carboxylic acids is 1. The number of hydrogen-bond acceptors (Lipinski definition) is 5. The highest BCUT2D eigenvalue weighted by Gasteiger charge is 2.06. The Kier molecular flexibility index (Phi) is 3.87. The molecule has 0 unspecified atom stereocenters. The Hall–Kier alpha value is -1.62. The molecule has 0 bridgehead atoms. The molecule has 0 saturated heterocycles. The lowest BCUT2D eigenvalue weighted by molar-refractivity contribution is 0.0387. The van der Waals surface area contributed by atoms with Crippen molar-refractivity contribution in [3.63, 3.8) is 0 Å². The number of nitrogens with zero attached hydrogens (tertiary/aromatic N) is 1. The first-order valence-electron chi connectivity index (χ1n) is 4.11. The summed E-state index contributed by atoms with van der Waals surface area (Å²) in [6, 6.07) is 3.12. The first-order chi connectivity index (χ1) is 6.74. The molecule has 2 N–H and O–H groups in total. The van der Waals surface area contributed by atoms with Gasteiger partial charge in [-0.25, -0.2) is 9.78 Å². The van der Waals surface area contributed by atoms with Crippen LogP contribution in [-0.4, -0.2) is 31.3 Å². The second-order valence-corrected chi connectivity index (χ2v) is 2.60. The zero-order valence-corrected chi connectivity index (χ0v) is 7.90. The van der Waals surface area contributed by atoms with E-state index < -0.39 is 5.97 Å². The second-order valence-electron chi connectivity index (χ2n) is 2.60. The number of aromatic nitrogens is 1. The van der Waals surface area contributed by atoms with Crippen LogP contribution in [0.4, 0.5) is 5.82 Å².